The third-order valence-corrected chi connectivity index (χ3v) is 3.49. The molecule has 1 aromatic carbocycles. The quantitative estimate of drug-likeness (QED) is 0.590. The van der Waals surface area contributed by atoms with Crippen LogP contribution in [0.4, 0.5) is 4.39 Å². The molecular formula is C13H21FN2O. The second-order valence-corrected chi connectivity index (χ2v) is 4.39. The van der Waals surface area contributed by atoms with Crippen molar-refractivity contribution in [3.8, 4) is 0 Å². The zero-order valence-corrected chi connectivity index (χ0v) is 10.7. The molecule has 0 aliphatic carbocycles. The minimum Gasteiger partial charge on any atom is -0.377 e. The van der Waals surface area contributed by atoms with Gasteiger partial charge in [-0.05, 0) is 31.4 Å². The van der Waals surface area contributed by atoms with Gasteiger partial charge in [0.25, 0.3) is 0 Å². The summed E-state index contributed by atoms with van der Waals surface area (Å²) in [6.07, 6.45) is 1.30. The molecular weight excluding hydrogens is 219 g/mol. The van der Waals surface area contributed by atoms with Gasteiger partial charge < -0.3 is 4.74 Å². The molecule has 0 aromatic heterocycles. The third-order valence-electron chi connectivity index (χ3n) is 3.49. The number of hydrogen-bond donors (Lipinski definition) is 2. The highest BCUT2D eigenvalue weighted by Gasteiger charge is 2.32. The Bertz CT molecular complexity index is 353. The van der Waals surface area contributed by atoms with Crippen LogP contribution < -0.4 is 11.3 Å². The molecule has 0 heterocycles. The number of methoxy groups -OCH3 is 1. The molecule has 1 aromatic rings. The molecule has 0 fully saturated rings. The van der Waals surface area contributed by atoms with Crippen molar-refractivity contribution < 1.29 is 9.13 Å². The molecule has 0 spiro atoms. The zero-order valence-electron chi connectivity index (χ0n) is 10.7. The molecule has 0 radical (unpaired) electrons. The van der Waals surface area contributed by atoms with Gasteiger partial charge in [-0.1, -0.05) is 25.1 Å². The largest absolute Gasteiger partial charge is 0.377 e. The Morgan fingerprint density at radius 2 is 2.12 bits per heavy atom. The van der Waals surface area contributed by atoms with Crippen LogP contribution in [0.3, 0.4) is 0 Å². The highest BCUT2D eigenvalue weighted by atomic mass is 19.1. The molecule has 1 rings (SSSR count). The summed E-state index contributed by atoms with van der Waals surface area (Å²) >= 11 is 0. The number of nitrogens with one attached hydrogen (secondary N) is 1. The van der Waals surface area contributed by atoms with E-state index in [1.807, 2.05) is 19.9 Å². The summed E-state index contributed by atoms with van der Waals surface area (Å²) in [5, 5.41) is 0. The van der Waals surface area contributed by atoms with Crippen molar-refractivity contribution >= 4 is 0 Å². The van der Waals surface area contributed by atoms with E-state index in [4.69, 9.17) is 10.6 Å². The molecule has 0 amide bonds. The molecule has 96 valence electrons. The Kier molecular flexibility index (Phi) is 5.05. The van der Waals surface area contributed by atoms with Crippen LogP contribution in [0.1, 0.15) is 25.8 Å². The van der Waals surface area contributed by atoms with Gasteiger partial charge in [0.1, 0.15) is 5.82 Å². The average molecular weight is 240 g/mol. The highest BCUT2D eigenvalue weighted by Crippen LogP contribution is 2.22. The molecule has 0 aliphatic heterocycles. The number of halogens is 1. The lowest BCUT2D eigenvalue weighted by molar-refractivity contribution is -0.0289. The standard InChI is InChI=1S/C13H21FN2O/c1-4-13(2,17-3)12(16-15)9-10-7-5-6-8-11(10)14/h5-8,12,16H,4,9,15H2,1-3H3. The zero-order chi connectivity index (χ0) is 12.9. The maximum absolute atomic E-state index is 13.6. The van der Waals surface area contributed by atoms with Gasteiger partial charge in [0, 0.05) is 7.11 Å². The van der Waals surface area contributed by atoms with E-state index in [1.54, 1.807) is 19.2 Å². The molecule has 2 atom stereocenters. The van der Waals surface area contributed by atoms with E-state index >= 15 is 0 Å². The normalized spacial score (nSPS) is 16.5. The Hall–Kier alpha value is -0.970. The van der Waals surface area contributed by atoms with Crippen molar-refractivity contribution in [2.45, 2.75) is 38.3 Å². The van der Waals surface area contributed by atoms with E-state index in [9.17, 15) is 4.39 Å². The van der Waals surface area contributed by atoms with E-state index in [0.29, 0.717) is 12.0 Å². The lowest BCUT2D eigenvalue weighted by Crippen LogP contribution is -2.53. The van der Waals surface area contributed by atoms with Crippen molar-refractivity contribution in [2.75, 3.05) is 7.11 Å². The summed E-state index contributed by atoms with van der Waals surface area (Å²) in [4.78, 5) is 0. The van der Waals surface area contributed by atoms with E-state index in [0.717, 1.165) is 6.42 Å². The van der Waals surface area contributed by atoms with Gasteiger partial charge in [0.05, 0.1) is 11.6 Å². The Labute approximate surface area is 102 Å². The first-order valence-electron chi connectivity index (χ1n) is 5.82. The summed E-state index contributed by atoms with van der Waals surface area (Å²) < 4.78 is 19.1. The fraction of sp³-hybridized carbons (Fsp3) is 0.538. The fourth-order valence-corrected chi connectivity index (χ4v) is 1.87. The average Bonchev–Trinajstić information content (AvgIpc) is 2.37. The molecule has 4 heteroatoms. The summed E-state index contributed by atoms with van der Waals surface area (Å²) in [7, 11) is 1.65. The monoisotopic (exact) mass is 240 g/mol. The van der Waals surface area contributed by atoms with E-state index in [1.165, 1.54) is 6.07 Å². The SMILES string of the molecule is CCC(C)(OC)C(Cc1ccccc1F)NN. The summed E-state index contributed by atoms with van der Waals surface area (Å²) in [5.74, 6) is 5.35. The first kappa shape index (κ1) is 14.1. The predicted molar refractivity (Wildman–Crippen MR) is 66.9 cm³/mol. The van der Waals surface area contributed by atoms with Crippen LogP contribution in [0.15, 0.2) is 24.3 Å². The van der Waals surface area contributed by atoms with Crippen LogP contribution in [-0.4, -0.2) is 18.8 Å². The second kappa shape index (κ2) is 6.10. The molecule has 0 bridgehead atoms. The van der Waals surface area contributed by atoms with E-state index in [2.05, 4.69) is 5.43 Å². The van der Waals surface area contributed by atoms with Gasteiger partial charge in [0.15, 0.2) is 0 Å². The topological polar surface area (TPSA) is 47.3 Å². The van der Waals surface area contributed by atoms with Crippen LogP contribution >= 0.6 is 0 Å². The van der Waals surface area contributed by atoms with Crippen LogP contribution in [0.2, 0.25) is 0 Å². The summed E-state index contributed by atoms with van der Waals surface area (Å²) in [5.41, 5.74) is 2.97. The number of benzene rings is 1. The number of hydrogen-bond acceptors (Lipinski definition) is 3. The van der Waals surface area contributed by atoms with Gasteiger partial charge in [-0.2, -0.15) is 0 Å². The first-order chi connectivity index (χ1) is 8.07. The smallest absolute Gasteiger partial charge is 0.126 e. The van der Waals surface area contributed by atoms with Crippen molar-refractivity contribution in [1.29, 1.82) is 0 Å². The number of ether oxygens (including phenoxy) is 1. The van der Waals surface area contributed by atoms with Gasteiger partial charge in [-0.15, -0.1) is 0 Å². The predicted octanol–water partition coefficient (Wildman–Crippen LogP) is 2.02. The molecule has 3 nitrogen and oxygen atoms in total. The first-order valence-corrected chi connectivity index (χ1v) is 5.82. The highest BCUT2D eigenvalue weighted by molar-refractivity contribution is 5.19. The van der Waals surface area contributed by atoms with Crippen molar-refractivity contribution in [1.82, 2.24) is 5.43 Å². The summed E-state index contributed by atoms with van der Waals surface area (Å²) in [6, 6.07) is 6.60. The van der Waals surface area contributed by atoms with Gasteiger partial charge in [-0.25, -0.2) is 4.39 Å². The van der Waals surface area contributed by atoms with Gasteiger partial charge in [-0.3, -0.25) is 11.3 Å². The fourth-order valence-electron chi connectivity index (χ4n) is 1.87. The molecule has 0 saturated carbocycles. The van der Waals surface area contributed by atoms with Crippen molar-refractivity contribution in [3.63, 3.8) is 0 Å². The van der Waals surface area contributed by atoms with Gasteiger partial charge in [0.2, 0.25) is 0 Å². The molecule has 0 aliphatic rings. The maximum Gasteiger partial charge on any atom is 0.126 e. The number of rotatable bonds is 6. The van der Waals surface area contributed by atoms with Crippen LogP contribution in [0.5, 0.6) is 0 Å². The van der Waals surface area contributed by atoms with Crippen LogP contribution in [0, 0.1) is 5.82 Å². The lowest BCUT2D eigenvalue weighted by Gasteiger charge is -2.35. The molecule has 0 saturated heterocycles. The minimum absolute atomic E-state index is 0.130. The van der Waals surface area contributed by atoms with E-state index < -0.39 is 5.60 Å². The van der Waals surface area contributed by atoms with E-state index in [-0.39, 0.29) is 11.9 Å². The van der Waals surface area contributed by atoms with Crippen molar-refractivity contribution in [3.05, 3.63) is 35.6 Å². The molecule has 17 heavy (non-hydrogen) atoms. The second-order valence-electron chi connectivity index (χ2n) is 4.39. The lowest BCUT2D eigenvalue weighted by atomic mass is 9.88. The minimum atomic E-state index is -0.406. The van der Waals surface area contributed by atoms with Gasteiger partial charge >= 0.3 is 0 Å². The summed E-state index contributed by atoms with van der Waals surface area (Å²) in [6.45, 7) is 3.99. The number of hydrazine groups is 1. The Morgan fingerprint density at radius 3 is 2.59 bits per heavy atom. The number of nitrogens with two attached hydrogens (primary N) is 1. The molecule has 3 N–H and O–H groups in total. The van der Waals surface area contributed by atoms with Crippen molar-refractivity contribution in [2.24, 2.45) is 5.84 Å². The van der Waals surface area contributed by atoms with Crippen LogP contribution in [0.25, 0.3) is 0 Å². The molecule has 2 unspecified atom stereocenters. The Morgan fingerprint density at radius 1 is 1.47 bits per heavy atom. The maximum atomic E-state index is 13.6. The Balaban J connectivity index is 2.87. The van der Waals surface area contributed by atoms with Crippen LogP contribution in [-0.2, 0) is 11.2 Å². The third kappa shape index (κ3) is 3.25.